The molecule has 1 atom stereocenters. The Morgan fingerprint density at radius 1 is 1.33 bits per heavy atom. The van der Waals surface area contributed by atoms with Gasteiger partial charge in [-0.1, -0.05) is 29.8 Å². The van der Waals surface area contributed by atoms with E-state index in [2.05, 4.69) is 0 Å². The van der Waals surface area contributed by atoms with E-state index < -0.39 is 17.7 Å². The van der Waals surface area contributed by atoms with Gasteiger partial charge in [0.25, 0.3) is 6.47 Å². The molecule has 0 aromatic heterocycles. The third-order valence-electron chi connectivity index (χ3n) is 2.00. The van der Waals surface area contributed by atoms with Crippen molar-refractivity contribution in [2.45, 2.75) is 32.5 Å². The van der Waals surface area contributed by atoms with E-state index >= 15 is 0 Å². The molecular weight excluding hydrogens is 256 g/mol. The lowest BCUT2D eigenvalue weighted by atomic mass is 10.1. The van der Waals surface area contributed by atoms with E-state index in [1.165, 1.54) is 0 Å². The zero-order valence-corrected chi connectivity index (χ0v) is 11.2. The Hall–Kier alpha value is -1.55. The first-order chi connectivity index (χ1) is 8.35. The van der Waals surface area contributed by atoms with Crippen molar-refractivity contribution in [2.24, 2.45) is 0 Å². The fourth-order valence-electron chi connectivity index (χ4n) is 1.35. The van der Waals surface area contributed by atoms with E-state index in [1.807, 2.05) is 0 Å². The fraction of sp³-hybridized carbons (Fsp3) is 0.385. The molecule has 98 valence electrons. The lowest BCUT2D eigenvalue weighted by Gasteiger charge is -2.23. The summed E-state index contributed by atoms with van der Waals surface area (Å²) in [7, 11) is 0. The summed E-state index contributed by atoms with van der Waals surface area (Å²) in [6, 6.07) is 6.65. The highest BCUT2D eigenvalue weighted by atomic mass is 35.5. The smallest absolute Gasteiger partial charge is 0.352 e. The topological polar surface area (TPSA) is 52.6 Å². The molecule has 0 N–H and O–H groups in total. The van der Waals surface area contributed by atoms with E-state index in [9.17, 15) is 9.59 Å². The number of rotatable bonds is 4. The number of carbonyl (C=O) groups excluding carboxylic acids is 2. The van der Waals surface area contributed by atoms with Gasteiger partial charge in [0.1, 0.15) is 5.60 Å². The monoisotopic (exact) mass is 270 g/mol. The minimum Gasteiger partial charge on any atom is -0.457 e. The van der Waals surface area contributed by atoms with Crippen molar-refractivity contribution in [1.82, 2.24) is 0 Å². The predicted molar refractivity (Wildman–Crippen MR) is 67.2 cm³/mol. The SMILES string of the molecule is CC(C)(C)OC(=O)C(OC=O)c1ccccc1Cl. The van der Waals surface area contributed by atoms with E-state index in [0.717, 1.165) is 0 Å². The summed E-state index contributed by atoms with van der Waals surface area (Å²) in [4.78, 5) is 22.4. The van der Waals surface area contributed by atoms with Crippen molar-refractivity contribution in [1.29, 1.82) is 0 Å². The zero-order chi connectivity index (χ0) is 13.8. The van der Waals surface area contributed by atoms with Gasteiger partial charge in [-0.05, 0) is 26.8 Å². The standard InChI is InChI=1S/C13H15ClO4/c1-13(2,3)18-12(16)11(17-8-15)9-6-4-5-7-10(9)14/h4-8,11H,1-3H3. The van der Waals surface area contributed by atoms with Crippen LogP contribution in [0.4, 0.5) is 0 Å². The number of ether oxygens (including phenoxy) is 2. The third kappa shape index (κ3) is 4.04. The van der Waals surface area contributed by atoms with Crippen LogP contribution < -0.4 is 0 Å². The lowest BCUT2D eigenvalue weighted by Crippen LogP contribution is -2.29. The van der Waals surface area contributed by atoms with E-state index in [-0.39, 0.29) is 6.47 Å². The van der Waals surface area contributed by atoms with Gasteiger partial charge in [-0.25, -0.2) is 4.79 Å². The minimum atomic E-state index is -1.14. The van der Waals surface area contributed by atoms with Gasteiger partial charge in [0, 0.05) is 10.6 Å². The average molecular weight is 271 g/mol. The van der Waals surface area contributed by atoms with Gasteiger partial charge in [0.05, 0.1) is 0 Å². The highest BCUT2D eigenvalue weighted by molar-refractivity contribution is 6.31. The van der Waals surface area contributed by atoms with E-state index in [1.54, 1.807) is 45.0 Å². The first kappa shape index (κ1) is 14.5. The molecular formula is C13H15ClO4. The molecule has 0 heterocycles. The van der Waals surface area contributed by atoms with Gasteiger partial charge in [0.2, 0.25) is 6.10 Å². The van der Waals surface area contributed by atoms with Crippen molar-refractivity contribution in [2.75, 3.05) is 0 Å². The maximum Gasteiger partial charge on any atom is 0.352 e. The zero-order valence-electron chi connectivity index (χ0n) is 10.5. The van der Waals surface area contributed by atoms with Crippen molar-refractivity contribution in [3.63, 3.8) is 0 Å². The van der Waals surface area contributed by atoms with Crippen LogP contribution in [0.15, 0.2) is 24.3 Å². The summed E-state index contributed by atoms with van der Waals surface area (Å²) in [5.41, 5.74) is -0.261. The van der Waals surface area contributed by atoms with Crippen LogP contribution in [0, 0.1) is 0 Å². The molecule has 4 nitrogen and oxygen atoms in total. The molecule has 5 heteroatoms. The molecule has 0 aliphatic heterocycles. The molecule has 1 unspecified atom stereocenters. The summed E-state index contributed by atoms with van der Waals surface area (Å²) in [5.74, 6) is -0.650. The molecule has 1 rings (SSSR count). The van der Waals surface area contributed by atoms with Crippen LogP contribution in [0.3, 0.4) is 0 Å². The average Bonchev–Trinajstić information content (AvgIpc) is 2.24. The predicted octanol–water partition coefficient (Wildman–Crippen LogP) is 2.90. The van der Waals surface area contributed by atoms with Gasteiger partial charge in [0.15, 0.2) is 0 Å². The molecule has 18 heavy (non-hydrogen) atoms. The van der Waals surface area contributed by atoms with Crippen molar-refractivity contribution >= 4 is 24.0 Å². The first-order valence-corrected chi connectivity index (χ1v) is 5.79. The van der Waals surface area contributed by atoms with Crippen LogP contribution >= 0.6 is 11.6 Å². The summed E-state index contributed by atoms with van der Waals surface area (Å²) in [6.07, 6.45) is -1.14. The Labute approximate surface area is 111 Å². The molecule has 0 aliphatic rings. The Kier molecular flexibility index (Phi) is 4.73. The van der Waals surface area contributed by atoms with Crippen LogP contribution in [0.2, 0.25) is 5.02 Å². The molecule has 0 saturated carbocycles. The molecule has 0 saturated heterocycles. The fourth-order valence-corrected chi connectivity index (χ4v) is 1.59. The largest absolute Gasteiger partial charge is 0.457 e. The van der Waals surface area contributed by atoms with E-state index in [4.69, 9.17) is 21.1 Å². The molecule has 1 aromatic rings. The number of carbonyl (C=O) groups is 2. The molecule has 0 radical (unpaired) electrons. The van der Waals surface area contributed by atoms with Crippen LogP contribution in [0.25, 0.3) is 0 Å². The Morgan fingerprint density at radius 2 is 1.94 bits per heavy atom. The second kappa shape index (κ2) is 5.87. The van der Waals surface area contributed by atoms with E-state index in [0.29, 0.717) is 10.6 Å². The first-order valence-electron chi connectivity index (χ1n) is 5.41. The number of hydrogen-bond donors (Lipinski definition) is 0. The maximum absolute atomic E-state index is 11.9. The molecule has 0 bridgehead atoms. The van der Waals surface area contributed by atoms with Crippen LogP contribution in [0.1, 0.15) is 32.4 Å². The summed E-state index contributed by atoms with van der Waals surface area (Å²) >= 11 is 5.97. The number of hydrogen-bond acceptors (Lipinski definition) is 4. The quantitative estimate of drug-likeness (QED) is 0.624. The Bertz CT molecular complexity index is 437. The molecule has 0 aliphatic carbocycles. The van der Waals surface area contributed by atoms with Gasteiger partial charge in [-0.2, -0.15) is 0 Å². The van der Waals surface area contributed by atoms with Crippen LogP contribution in [-0.2, 0) is 19.1 Å². The van der Waals surface area contributed by atoms with Crippen LogP contribution in [0.5, 0.6) is 0 Å². The number of benzene rings is 1. The van der Waals surface area contributed by atoms with Crippen LogP contribution in [-0.4, -0.2) is 18.0 Å². The van der Waals surface area contributed by atoms with Gasteiger partial charge >= 0.3 is 5.97 Å². The van der Waals surface area contributed by atoms with Crippen molar-refractivity contribution in [3.05, 3.63) is 34.9 Å². The molecule has 0 spiro atoms. The minimum absolute atomic E-state index is 0.206. The highest BCUT2D eigenvalue weighted by Crippen LogP contribution is 2.27. The normalized spacial score (nSPS) is 12.7. The summed E-state index contributed by atoms with van der Waals surface area (Å²) in [5, 5.41) is 0.343. The Morgan fingerprint density at radius 3 is 2.44 bits per heavy atom. The molecule has 1 aromatic carbocycles. The van der Waals surface area contributed by atoms with Gasteiger partial charge in [-0.15, -0.1) is 0 Å². The van der Waals surface area contributed by atoms with Gasteiger partial charge < -0.3 is 9.47 Å². The van der Waals surface area contributed by atoms with Crippen molar-refractivity contribution in [3.8, 4) is 0 Å². The second-order valence-corrected chi connectivity index (χ2v) is 5.07. The third-order valence-corrected chi connectivity index (χ3v) is 2.34. The lowest BCUT2D eigenvalue weighted by molar-refractivity contribution is -0.171. The highest BCUT2D eigenvalue weighted by Gasteiger charge is 2.29. The summed E-state index contributed by atoms with van der Waals surface area (Å²) in [6.45, 7) is 5.40. The van der Waals surface area contributed by atoms with Gasteiger partial charge in [-0.3, -0.25) is 4.79 Å². The number of halogens is 1. The second-order valence-electron chi connectivity index (χ2n) is 4.67. The Balaban J connectivity index is 3.00. The molecule has 0 fully saturated rings. The summed E-state index contributed by atoms with van der Waals surface area (Å²) < 4.78 is 9.96. The van der Waals surface area contributed by atoms with Crippen molar-refractivity contribution < 1.29 is 19.1 Å². The molecule has 0 amide bonds. The number of esters is 1. The maximum atomic E-state index is 11.9.